The van der Waals surface area contributed by atoms with Crippen LogP contribution < -0.4 is 10.1 Å². The molecule has 2 aromatic rings. The zero-order chi connectivity index (χ0) is 14.5. The lowest BCUT2D eigenvalue weighted by Crippen LogP contribution is -2.02. The van der Waals surface area contributed by atoms with Crippen LogP contribution in [0.15, 0.2) is 42.5 Å². The third kappa shape index (κ3) is 3.53. The second-order valence-electron chi connectivity index (χ2n) is 5.45. The zero-order valence-electron chi connectivity index (χ0n) is 12.7. The molecule has 0 heterocycles. The molecule has 0 aliphatic rings. The van der Waals surface area contributed by atoms with Crippen molar-refractivity contribution < 1.29 is 4.74 Å². The molecule has 2 heteroatoms. The van der Waals surface area contributed by atoms with E-state index in [9.17, 15) is 0 Å². The maximum absolute atomic E-state index is 5.38. The van der Waals surface area contributed by atoms with Crippen LogP contribution in [-0.2, 0) is 6.54 Å². The molecule has 0 aromatic heterocycles. The summed E-state index contributed by atoms with van der Waals surface area (Å²) in [7, 11) is 1.70. The minimum atomic E-state index is 0.578. The van der Waals surface area contributed by atoms with Gasteiger partial charge in [0.2, 0.25) is 0 Å². The van der Waals surface area contributed by atoms with Gasteiger partial charge in [0.25, 0.3) is 0 Å². The molecule has 0 spiro atoms. The van der Waals surface area contributed by atoms with E-state index >= 15 is 0 Å². The highest BCUT2D eigenvalue weighted by Crippen LogP contribution is 2.25. The van der Waals surface area contributed by atoms with Gasteiger partial charge in [0, 0.05) is 6.54 Å². The fourth-order valence-corrected chi connectivity index (χ4v) is 2.18. The molecule has 1 N–H and O–H groups in total. The minimum absolute atomic E-state index is 0.578. The van der Waals surface area contributed by atoms with Crippen LogP contribution in [0.25, 0.3) is 0 Å². The number of hydrogen-bond donors (Lipinski definition) is 1. The van der Waals surface area contributed by atoms with Gasteiger partial charge in [0.15, 0.2) is 0 Å². The standard InChI is InChI=1S/C18H23NO/c1-13(2)16-8-6-15(7-9-16)12-19-17-11-14(3)5-10-18(17)20-4/h5-11,13,19H,12H2,1-4H3. The molecular formula is C18H23NO. The lowest BCUT2D eigenvalue weighted by atomic mass is 10.0. The Morgan fingerprint density at radius 2 is 1.75 bits per heavy atom. The summed E-state index contributed by atoms with van der Waals surface area (Å²) in [6.07, 6.45) is 0. The van der Waals surface area contributed by atoms with E-state index in [2.05, 4.69) is 62.5 Å². The lowest BCUT2D eigenvalue weighted by molar-refractivity contribution is 0.416. The first kappa shape index (κ1) is 14.4. The van der Waals surface area contributed by atoms with Crippen LogP contribution in [-0.4, -0.2) is 7.11 Å². The summed E-state index contributed by atoms with van der Waals surface area (Å²) < 4.78 is 5.38. The summed E-state index contributed by atoms with van der Waals surface area (Å²) in [5, 5.41) is 3.44. The first-order valence-electron chi connectivity index (χ1n) is 7.07. The van der Waals surface area contributed by atoms with Gasteiger partial charge in [-0.3, -0.25) is 0 Å². The molecule has 106 valence electrons. The van der Waals surface area contributed by atoms with Gasteiger partial charge in [0.05, 0.1) is 12.8 Å². The molecule has 0 saturated carbocycles. The number of hydrogen-bond acceptors (Lipinski definition) is 2. The second kappa shape index (κ2) is 6.47. The Balaban J connectivity index is 2.06. The van der Waals surface area contributed by atoms with Crippen molar-refractivity contribution in [2.75, 3.05) is 12.4 Å². The van der Waals surface area contributed by atoms with Gasteiger partial charge < -0.3 is 10.1 Å². The Morgan fingerprint density at radius 1 is 1.05 bits per heavy atom. The van der Waals surface area contributed by atoms with Gasteiger partial charge >= 0.3 is 0 Å². The van der Waals surface area contributed by atoms with E-state index in [1.165, 1.54) is 16.7 Å². The summed E-state index contributed by atoms with van der Waals surface area (Å²) in [4.78, 5) is 0. The summed E-state index contributed by atoms with van der Waals surface area (Å²) in [6.45, 7) is 7.32. The van der Waals surface area contributed by atoms with E-state index in [1.807, 2.05) is 6.07 Å². The Labute approximate surface area is 121 Å². The molecule has 2 nitrogen and oxygen atoms in total. The minimum Gasteiger partial charge on any atom is -0.495 e. The average molecular weight is 269 g/mol. The molecule has 0 fully saturated rings. The first-order valence-corrected chi connectivity index (χ1v) is 7.07. The fraction of sp³-hybridized carbons (Fsp3) is 0.333. The predicted octanol–water partition coefficient (Wildman–Crippen LogP) is 4.74. The molecule has 0 saturated heterocycles. The SMILES string of the molecule is COc1ccc(C)cc1NCc1ccc(C(C)C)cc1. The number of nitrogens with one attached hydrogen (secondary N) is 1. The lowest BCUT2D eigenvalue weighted by Gasteiger charge is -2.13. The Morgan fingerprint density at radius 3 is 2.35 bits per heavy atom. The van der Waals surface area contributed by atoms with Gasteiger partial charge in [0.1, 0.15) is 5.75 Å². The summed E-state index contributed by atoms with van der Waals surface area (Å²) >= 11 is 0. The molecular weight excluding hydrogens is 246 g/mol. The third-order valence-electron chi connectivity index (χ3n) is 3.48. The zero-order valence-corrected chi connectivity index (χ0v) is 12.7. The highest BCUT2D eigenvalue weighted by Gasteiger charge is 2.03. The Bertz CT molecular complexity index is 558. The molecule has 2 aromatic carbocycles. The van der Waals surface area contributed by atoms with Gasteiger partial charge in [-0.05, 0) is 41.7 Å². The number of aryl methyl sites for hydroxylation is 1. The van der Waals surface area contributed by atoms with Crippen molar-refractivity contribution in [2.24, 2.45) is 0 Å². The van der Waals surface area contributed by atoms with Gasteiger partial charge in [-0.25, -0.2) is 0 Å². The van der Waals surface area contributed by atoms with E-state index in [0.29, 0.717) is 5.92 Å². The quantitative estimate of drug-likeness (QED) is 0.846. The van der Waals surface area contributed by atoms with Crippen molar-refractivity contribution in [3.8, 4) is 5.75 Å². The number of methoxy groups -OCH3 is 1. The number of benzene rings is 2. The van der Waals surface area contributed by atoms with Crippen LogP contribution in [0.1, 0.15) is 36.5 Å². The Kier molecular flexibility index (Phi) is 4.67. The van der Waals surface area contributed by atoms with E-state index in [-0.39, 0.29) is 0 Å². The average Bonchev–Trinajstić information content (AvgIpc) is 2.45. The summed E-state index contributed by atoms with van der Waals surface area (Å²) in [5.74, 6) is 1.46. The van der Waals surface area contributed by atoms with E-state index in [1.54, 1.807) is 7.11 Å². The molecule has 0 atom stereocenters. The van der Waals surface area contributed by atoms with Crippen molar-refractivity contribution in [3.05, 3.63) is 59.2 Å². The summed E-state index contributed by atoms with van der Waals surface area (Å²) in [6, 6.07) is 14.9. The maximum atomic E-state index is 5.38. The molecule has 20 heavy (non-hydrogen) atoms. The van der Waals surface area contributed by atoms with Crippen LogP contribution in [0.2, 0.25) is 0 Å². The van der Waals surface area contributed by atoms with Crippen LogP contribution >= 0.6 is 0 Å². The molecule has 0 aliphatic heterocycles. The van der Waals surface area contributed by atoms with Gasteiger partial charge in [-0.15, -0.1) is 0 Å². The van der Waals surface area contributed by atoms with E-state index in [0.717, 1.165) is 18.0 Å². The molecule has 0 radical (unpaired) electrons. The van der Waals surface area contributed by atoms with Crippen molar-refractivity contribution in [1.82, 2.24) is 0 Å². The van der Waals surface area contributed by atoms with Gasteiger partial charge in [-0.2, -0.15) is 0 Å². The predicted molar refractivity (Wildman–Crippen MR) is 85.6 cm³/mol. The topological polar surface area (TPSA) is 21.3 Å². The normalized spacial score (nSPS) is 10.7. The van der Waals surface area contributed by atoms with Crippen molar-refractivity contribution in [1.29, 1.82) is 0 Å². The van der Waals surface area contributed by atoms with Crippen molar-refractivity contribution in [2.45, 2.75) is 33.2 Å². The second-order valence-corrected chi connectivity index (χ2v) is 5.45. The number of anilines is 1. The van der Waals surface area contributed by atoms with Crippen LogP contribution in [0, 0.1) is 6.92 Å². The van der Waals surface area contributed by atoms with E-state index in [4.69, 9.17) is 4.74 Å². The third-order valence-corrected chi connectivity index (χ3v) is 3.48. The molecule has 0 aliphatic carbocycles. The van der Waals surface area contributed by atoms with Crippen molar-refractivity contribution >= 4 is 5.69 Å². The van der Waals surface area contributed by atoms with E-state index < -0.39 is 0 Å². The molecule has 0 bridgehead atoms. The Hall–Kier alpha value is -1.96. The first-order chi connectivity index (χ1) is 9.60. The molecule has 0 unspecified atom stereocenters. The largest absolute Gasteiger partial charge is 0.495 e. The van der Waals surface area contributed by atoms with Crippen LogP contribution in [0.4, 0.5) is 5.69 Å². The van der Waals surface area contributed by atoms with Crippen LogP contribution in [0.3, 0.4) is 0 Å². The monoisotopic (exact) mass is 269 g/mol. The molecule has 2 rings (SSSR count). The van der Waals surface area contributed by atoms with Crippen molar-refractivity contribution in [3.63, 3.8) is 0 Å². The van der Waals surface area contributed by atoms with Crippen LogP contribution in [0.5, 0.6) is 5.75 Å². The molecule has 0 amide bonds. The highest BCUT2D eigenvalue weighted by atomic mass is 16.5. The fourth-order valence-electron chi connectivity index (χ4n) is 2.18. The number of ether oxygens (including phenoxy) is 1. The maximum Gasteiger partial charge on any atom is 0.141 e. The van der Waals surface area contributed by atoms with Gasteiger partial charge in [-0.1, -0.05) is 44.2 Å². The smallest absolute Gasteiger partial charge is 0.141 e. The highest BCUT2D eigenvalue weighted by molar-refractivity contribution is 5.58. The summed E-state index contributed by atoms with van der Waals surface area (Å²) in [5.41, 5.74) is 4.92. The number of rotatable bonds is 5.